The number of carbonyl (C=O) groups is 2. The molecule has 0 unspecified atom stereocenters. The van der Waals surface area contributed by atoms with Crippen LogP contribution >= 0.6 is 15.9 Å². The quantitative estimate of drug-likeness (QED) is 0.415. The van der Waals surface area contributed by atoms with Crippen molar-refractivity contribution < 1.29 is 28.5 Å². The Labute approximate surface area is 164 Å². The molecule has 0 saturated carbocycles. The maximum Gasteiger partial charge on any atom is 0.349 e. The van der Waals surface area contributed by atoms with Crippen molar-refractivity contribution in [3.05, 3.63) is 63.6 Å². The highest BCUT2D eigenvalue weighted by Gasteiger charge is 2.44. The van der Waals surface area contributed by atoms with Crippen molar-refractivity contribution in [3.8, 4) is 11.5 Å². The summed E-state index contributed by atoms with van der Waals surface area (Å²) >= 11 is 3.37. The molecule has 140 valence electrons. The molecule has 7 heteroatoms. The second-order valence-electron chi connectivity index (χ2n) is 5.88. The van der Waals surface area contributed by atoms with E-state index in [4.69, 9.17) is 18.9 Å². The van der Waals surface area contributed by atoms with Gasteiger partial charge in [-0.25, -0.2) is 9.59 Å². The first-order valence-electron chi connectivity index (χ1n) is 8.03. The molecule has 0 radical (unpaired) electrons. The van der Waals surface area contributed by atoms with E-state index in [1.165, 1.54) is 27.2 Å². The zero-order valence-electron chi connectivity index (χ0n) is 14.9. The lowest BCUT2D eigenvalue weighted by Crippen LogP contribution is -2.42. The van der Waals surface area contributed by atoms with Crippen LogP contribution in [0.15, 0.2) is 52.5 Å². The molecule has 1 fully saturated rings. The van der Waals surface area contributed by atoms with E-state index >= 15 is 0 Å². The van der Waals surface area contributed by atoms with E-state index in [1.54, 1.807) is 36.4 Å². The van der Waals surface area contributed by atoms with Crippen molar-refractivity contribution in [3.63, 3.8) is 0 Å². The third-order valence-electron chi connectivity index (χ3n) is 4.12. The van der Waals surface area contributed by atoms with Crippen LogP contribution in [0, 0.1) is 0 Å². The number of hydrogen-bond acceptors (Lipinski definition) is 6. The number of cyclic esters (lactones) is 2. The molecule has 0 spiro atoms. The first-order chi connectivity index (χ1) is 12.9. The molecule has 0 aromatic heterocycles. The maximum atomic E-state index is 12.5. The second-order valence-corrected chi connectivity index (χ2v) is 6.73. The van der Waals surface area contributed by atoms with Crippen LogP contribution in [0.5, 0.6) is 11.5 Å². The largest absolute Gasteiger partial charge is 0.496 e. The molecule has 0 amide bonds. The lowest BCUT2D eigenvalue weighted by atomic mass is 10.0. The fraction of sp³-hybridized carbons (Fsp3) is 0.200. The highest BCUT2D eigenvalue weighted by molar-refractivity contribution is 9.10. The minimum absolute atomic E-state index is 0.223. The Morgan fingerprint density at radius 2 is 1.56 bits per heavy atom. The van der Waals surface area contributed by atoms with Gasteiger partial charge in [0.25, 0.3) is 5.79 Å². The molecule has 6 nitrogen and oxygen atoms in total. The summed E-state index contributed by atoms with van der Waals surface area (Å²) in [4.78, 5) is 25.1. The molecule has 0 N–H and O–H groups in total. The van der Waals surface area contributed by atoms with Gasteiger partial charge in [0, 0.05) is 24.1 Å². The Morgan fingerprint density at radius 3 is 2.11 bits per heavy atom. The summed E-state index contributed by atoms with van der Waals surface area (Å²) in [5.41, 5.74) is 0.840. The van der Waals surface area contributed by atoms with Crippen molar-refractivity contribution in [2.45, 2.75) is 12.7 Å². The van der Waals surface area contributed by atoms with Gasteiger partial charge in [0.1, 0.15) is 17.1 Å². The zero-order valence-corrected chi connectivity index (χ0v) is 16.5. The molecule has 1 aliphatic heterocycles. The van der Waals surface area contributed by atoms with E-state index in [1.807, 2.05) is 6.07 Å². The van der Waals surface area contributed by atoms with Crippen LogP contribution in [0.1, 0.15) is 18.1 Å². The van der Waals surface area contributed by atoms with Crippen LogP contribution < -0.4 is 9.47 Å². The molecule has 27 heavy (non-hydrogen) atoms. The summed E-state index contributed by atoms with van der Waals surface area (Å²) in [6, 6.07) is 12.1. The number of hydrogen-bond donors (Lipinski definition) is 0. The standard InChI is InChI=1S/C20H17BrO6/c1-20(13-7-5-4-6-8-13)26-18(22)14(19(23)27-20)9-12-10-15(21)17(25-3)11-16(12)24-2/h4-11H,1-3H3. The predicted octanol–water partition coefficient (Wildman–Crippen LogP) is 3.82. The Kier molecular flexibility index (Phi) is 5.23. The smallest absolute Gasteiger partial charge is 0.349 e. The number of halogens is 1. The molecule has 3 rings (SSSR count). The third kappa shape index (κ3) is 3.68. The van der Waals surface area contributed by atoms with Gasteiger partial charge in [0.05, 0.1) is 18.7 Å². The van der Waals surface area contributed by atoms with E-state index in [-0.39, 0.29) is 5.57 Å². The van der Waals surface area contributed by atoms with E-state index < -0.39 is 17.7 Å². The minimum atomic E-state index is -1.47. The van der Waals surface area contributed by atoms with Crippen LogP contribution in [0.25, 0.3) is 6.08 Å². The second kappa shape index (κ2) is 7.44. The summed E-state index contributed by atoms with van der Waals surface area (Å²) in [7, 11) is 3.01. The Morgan fingerprint density at radius 1 is 0.963 bits per heavy atom. The molecular weight excluding hydrogens is 416 g/mol. The summed E-state index contributed by atoms with van der Waals surface area (Å²) in [5.74, 6) is -2.03. The monoisotopic (exact) mass is 432 g/mol. The van der Waals surface area contributed by atoms with Gasteiger partial charge in [-0.1, -0.05) is 30.3 Å². The normalized spacial score (nSPS) is 19.2. The fourth-order valence-corrected chi connectivity index (χ4v) is 3.22. The summed E-state index contributed by atoms with van der Waals surface area (Å²) < 4.78 is 22.1. The Balaban J connectivity index is 1.97. The highest BCUT2D eigenvalue weighted by Crippen LogP contribution is 2.37. The number of ether oxygens (including phenoxy) is 4. The van der Waals surface area contributed by atoms with Crippen molar-refractivity contribution >= 4 is 33.9 Å². The van der Waals surface area contributed by atoms with Crippen molar-refractivity contribution in [1.82, 2.24) is 0 Å². The molecule has 2 aromatic carbocycles. The van der Waals surface area contributed by atoms with Crippen LogP contribution in [0.2, 0.25) is 0 Å². The Hall–Kier alpha value is -2.80. The van der Waals surface area contributed by atoms with Gasteiger partial charge < -0.3 is 18.9 Å². The van der Waals surface area contributed by atoms with Crippen LogP contribution in [-0.4, -0.2) is 26.2 Å². The molecule has 1 heterocycles. The third-order valence-corrected chi connectivity index (χ3v) is 4.74. The fourth-order valence-electron chi connectivity index (χ4n) is 2.70. The van der Waals surface area contributed by atoms with Gasteiger partial charge in [-0.3, -0.25) is 0 Å². The van der Waals surface area contributed by atoms with E-state index in [0.717, 1.165) is 0 Å². The van der Waals surface area contributed by atoms with Crippen LogP contribution in [0.3, 0.4) is 0 Å². The molecule has 1 aliphatic rings. The lowest BCUT2D eigenvalue weighted by molar-refractivity contribution is -0.233. The first kappa shape index (κ1) is 19.0. The average Bonchev–Trinajstić information content (AvgIpc) is 2.65. The lowest BCUT2D eigenvalue weighted by Gasteiger charge is -2.33. The average molecular weight is 433 g/mol. The van der Waals surface area contributed by atoms with Gasteiger partial charge in [-0.05, 0) is 28.1 Å². The molecule has 0 atom stereocenters. The van der Waals surface area contributed by atoms with Crippen LogP contribution in [-0.2, 0) is 24.8 Å². The van der Waals surface area contributed by atoms with Gasteiger partial charge in [0.15, 0.2) is 0 Å². The van der Waals surface area contributed by atoms with Crippen LogP contribution in [0.4, 0.5) is 0 Å². The summed E-state index contributed by atoms with van der Waals surface area (Å²) in [6.07, 6.45) is 1.37. The van der Waals surface area contributed by atoms with Gasteiger partial charge >= 0.3 is 11.9 Å². The molecule has 0 bridgehead atoms. The first-order valence-corrected chi connectivity index (χ1v) is 8.82. The highest BCUT2D eigenvalue weighted by atomic mass is 79.9. The summed E-state index contributed by atoms with van der Waals surface area (Å²) in [5, 5.41) is 0. The SMILES string of the molecule is COc1cc(OC)c(C=C2C(=O)OC(C)(c3ccccc3)OC2=O)cc1Br. The van der Waals surface area contributed by atoms with Crippen molar-refractivity contribution in [2.75, 3.05) is 14.2 Å². The topological polar surface area (TPSA) is 71.1 Å². The summed E-state index contributed by atoms with van der Waals surface area (Å²) in [6.45, 7) is 1.53. The van der Waals surface area contributed by atoms with E-state index in [9.17, 15) is 9.59 Å². The zero-order chi connectivity index (χ0) is 19.6. The van der Waals surface area contributed by atoms with E-state index in [2.05, 4.69) is 15.9 Å². The van der Waals surface area contributed by atoms with Gasteiger partial charge in [-0.2, -0.15) is 0 Å². The number of rotatable bonds is 4. The minimum Gasteiger partial charge on any atom is -0.496 e. The molecule has 1 saturated heterocycles. The molecule has 2 aromatic rings. The number of esters is 2. The number of methoxy groups -OCH3 is 2. The van der Waals surface area contributed by atoms with E-state index in [0.29, 0.717) is 27.1 Å². The Bertz CT molecular complexity index is 900. The number of carbonyl (C=O) groups excluding carboxylic acids is 2. The maximum absolute atomic E-state index is 12.5. The molecular formula is C20H17BrO6. The van der Waals surface area contributed by atoms with Gasteiger partial charge in [0.2, 0.25) is 0 Å². The van der Waals surface area contributed by atoms with Crippen molar-refractivity contribution in [2.24, 2.45) is 0 Å². The van der Waals surface area contributed by atoms with Crippen molar-refractivity contribution in [1.29, 1.82) is 0 Å². The predicted molar refractivity (Wildman–Crippen MR) is 101 cm³/mol. The molecule has 0 aliphatic carbocycles. The number of benzene rings is 2. The van der Waals surface area contributed by atoms with Gasteiger partial charge in [-0.15, -0.1) is 0 Å².